The molecule has 2 aromatic heterocycles. The molecule has 6 nitrogen and oxygen atoms in total. The first-order valence-corrected chi connectivity index (χ1v) is 5.00. The van der Waals surface area contributed by atoms with E-state index in [4.69, 9.17) is 9.63 Å². The van der Waals surface area contributed by atoms with Crippen molar-refractivity contribution in [3.05, 3.63) is 41.5 Å². The van der Waals surface area contributed by atoms with Gasteiger partial charge in [-0.3, -0.25) is 4.98 Å². The Morgan fingerprint density at radius 1 is 1.59 bits per heavy atom. The number of carboxylic acid groups (broad SMARTS) is 1. The molecule has 2 rings (SSSR count). The van der Waals surface area contributed by atoms with Gasteiger partial charge in [-0.1, -0.05) is 5.16 Å². The van der Waals surface area contributed by atoms with Gasteiger partial charge in [-0.25, -0.2) is 4.79 Å². The van der Waals surface area contributed by atoms with Gasteiger partial charge in [0.25, 0.3) is 0 Å². The second-order valence-electron chi connectivity index (χ2n) is 3.51. The first-order chi connectivity index (χ1) is 8.16. The predicted molar refractivity (Wildman–Crippen MR) is 59.8 cm³/mol. The molecule has 0 saturated carbocycles. The lowest BCUT2D eigenvalue weighted by molar-refractivity contribution is 0.0698. The molecule has 88 valence electrons. The molecule has 0 saturated heterocycles. The van der Waals surface area contributed by atoms with E-state index in [1.807, 2.05) is 0 Å². The Hall–Kier alpha value is -2.37. The van der Waals surface area contributed by atoms with Gasteiger partial charge in [0, 0.05) is 12.3 Å². The van der Waals surface area contributed by atoms with Crippen LogP contribution in [0.3, 0.4) is 0 Å². The topological polar surface area (TPSA) is 88.2 Å². The summed E-state index contributed by atoms with van der Waals surface area (Å²) in [6.45, 7) is 2.19. The molecular formula is C11H11N3O3. The summed E-state index contributed by atoms with van der Waals surface area (Å²) < 4.78 is 4.91. The van der Waals surface area contributed by atoms with Crippen molar-refractivity contribution in [2.45, 2.75) is 13.5 Å². The Kier molecular flexibility index (Phi) is 3.04. The molecule has 2 heterocycles. The molecule has 2 aromatic rings. The molecule has 0 aliphatic rings. The van der Waals surface area contributed by atoms with Crippen LogP contribution in [0.5, 0.6) is 0 Å². The summed E-state index contributed by atoms with van der Waals surface area (Å²) in [5.74, 6) is -0.280. The van der Waals surface area contributed by atoms with Crippen molar-refractivity contribution in [1.29, 1.82) is 0 Å². The van der Waals surface area contributed by atoms with Crippen molar-refractivity contribution in [2.24, 2.45) is 0 Å². The summed E-state index contributed by atoms with van der Waals surface area (Å²) in [4.78, 5) is 14.8. The lowest BCUT2D eigenvalue weighted by Gasteiger charge is -2.06. The average molecular weight is 233 g/mol. The molecule has 0 amide bonds. The van der Waals surface area contributed by atoms with Crippen LogP contribution in [0.25, 0.3) is 0 Å². The summed E-state index contributed by atoms with van der Waals surface area (Å²) in [5.41, 5.74) is 1.35. The lowest BCUT2D eigenvalue weighted by Crippen LogP contribution is -2.06. The van der Waals surface area contributed by atoms with Crippen LogP contribution in [-0.4, -0.2) is 21.2 Å². The van der Waals surface area contributed by atoms with E-state index in [0.29, 0.717) is 23.7 Å². The molecule has 0 atom stereocenters. The Balaban J connectivity index is 2.11. The number of hydrogen-bond donors (Lipinski definition) is 2. The standard InChI is InChI=1S/C11H11N3O3/c1-7-4-8(14-17-7)5-13-10-6-12-3-2-9(10)11(15)16/h2-4,6,13H,5H2,1H3,(H,15,16). The summed E-state index contributed by atoms with van der Waals surface area (Å²) in [6, 6.07) is 3.22. The fourth-order valence-corrected chi connectivity index (χ4v) is 1.41. The minimum absolute atomic E-state index is 0.181. The molecular weight excluding hydrogens is 222 g/mol. The van der Waals surface area contributed by atoms with Gasteiger partial charge in [-0.05, 0) is 13.0 Å². The van der Waals surface area contributed by atoms with Crippen molar-refractivity contribution >= 4 is 11.7 Å². The summed E-state index contributed by atoms with van der Waals surface area (Å²) in [6.07, 6.45) is 2.91. The molecule has 0 aliphatic heterocycles. The Morgan fingerprint density at radius 2 is 2.41 bits per heavy atom. The first kappa shape index (κ1) is 11.1. The number of pyridine rings is 1. The molecule has 0 unspecified atom stereocenters. The second kappa shape index (κ2) is 4.65. The normalized spacial score (nSPS) is 10.2. The van der Waals surface area contributed by atoms with Crippen LogP contribution in [0.2, 0.25) is 0 Å². The highest BCUT2D eigenvalue weighted by atomic mass is 16.5. The van der Waals surface area contributed by atoms with Gasteiger partial charge in [0.2, 0.25) is 0 Å². The third-order valence-electron chi connectivity index (χ3n) is 2.19. The minimum atomic E-state index is -0.994. The van der Waals surface area contributed by atoms with E-state index < -0.39 is 5.97 Å². The number of rotatable bonds is 4. The van der Waals surface area contributed by atoms with Crippen LogP contribution < -0.4 is 5.32 Å². The van der Waals surface area contributed by atoms with Crippen molar-refractivity contribution < 1.29 is 14.4 Å². The first-order valence-electron chi connectivity index (χ1n) is 5.00. The molecule has 17 heavy (non-hydrogen) atoms. The molecule has 0 bridgehead atoms. The average Bonchev–Trinajstić information content (AvgIpc) is 2.73. The number of nitrogens with zero attached hydrogens (tertiary/aromatic N) is 2. The molecule has 6 heteroatoms. The van der Waals surface area contributed by atoms with Crippen LogP contribution in [0, 0.1) is 6.92 Å². The zero-order valence-corrected chi connectivity index (χ0v) is 9.17. The Bertz CT molecular complexity index is 536. The zero-order chi connectivity index (χ0) is 12.3. The van der Waals surface area contributed by atoms with Gasteiger partial charge in [0.1, 0.15) is 11.5 Å². The minimum Gasteiger partial charge on any atom is -0.478 e. The number of anilines is 1. The molecule has 0 spiro atoms. The molecule has 0 fully saturated rings. The maximum Gasteiger partial charge on any atom is 0.337 e. The van der Waals surface area contributed by atoms with Gasteiger partial charge < -0.3 is 14.9 Å². The maximum absolute atomic E-state index is 10.9. The highest BCUT2D eigenvalue weighted by Crippen LogP contribution is 2.14. The molecule has 0 aromatic carbocycles. The number of hydrogen-bond acceptors (Lipinski definition) is 5. The third kappa shape index (κ3) is 2.60. The molecule has 0 radical (unpaired) electrons. The maximum atomic E-state index is 10.9. The smallest absolute Gasteiger partial charge is 0.337 e. The SMILES string of the molecule is Cc1cc(CNc2cnccc2C(=O)O)no1. The van der Waals surface area contributed by atoms with Crippen LogP contribution >= 0.6 is 0 Å². The third-order valence-corrected chi connectivity index (χ3v) is 2.19. The van der Waals surface area contributed by atoms with Crippen molar-refractivity contribution in [2.75, 3.05) is 5.32 Å². The van der Waals surface area contributed by atoms with E-state index in [-0.39, 0.29) is 5.56 Å². The Labute approximate surface area is 97.3 Å². The fraction of sp³-hybridized carbons (Fsp3) is 0.182. The van der Waals surface area contributed by atoms with Crippen LogP contribution in [0.1, 0.15) is 21.8 Å². The van der Waals surface area contributed by atoms with E-state index in [2.05, 4.69) is 15.5 Å². The van der Waals surface area contributed by atoms with Crippen molar-refractivity contribution in [3.63, 3.8) is 0 Å². The second-order valence-corrected chi connectivity index (χ2v) is 3.51. The van der Waals surface area contributed by atoms with Gasteiger partial charge >= 0.3 is 5.97 Å². The summed E-state index contributed by atoms with van der Waals surface area (Å²) in [7, 11) is 0. The summed E-state index contributed by atoms with van der Waals surface area (Å²) in [5, 5.41) is 15.7. The van der Waals surface area contributed by atoms with E-state index in [9.17, 15) is 4.79 Å². The Morgan fingerprint density at radius 3 is 3.06 bits per heavy atom. The predicted octanol–water partition coefficient (Wildman–Crippen LogP) is 1.69. The highest BCUT2D eigenvalue weighted by Gasteiger charge is 2.09. The number of aromatic nitrogens is 2. The number of aromatic carboxylic acids is 1. The quantitative estimate of drug-likeness (QED) is 0.835. The van der Waals surface area contributed by atoms with Gasteiger partial charge in [0.15, 0.2) is 0 Å². The number of carboxylic acids is 1. The van der Waals surface area contributed by atoms with Crippen LogP contribution in [0.15, 0.2) is 29.0 Å². The molecule has 0 aliphatic carbocycles. The number of carbonyl (C=O) groups is 1. The highest BCUT2D eigenvalue weighted by molar-refractivity contribution is 5.93. The van der Waals surface area contributed by atoms with E-state index in [1.54, 1.807) is 13.0 Å². The lowest BCUT2D eigenvalue weighted by atomic mass is 10.2. The van der Waals surface area contributed by atoms with E-state index >= 15 is 0 Å². The monoisotopic (exact) mass is 233 g/mol. The van der Waals surface area contributed by atoms with E-state index in [0.717, 1.165) is 0 Å². The van der Waals surface area contributed by atoms with Gasteiger partial charge in [-0.15, -0.1) is 0 Å². The van der Waals surface area contributed by atoms with Gasteiger partial charge in [-0.2, -0.15) is 0 Å². The van der Waals surface area contributed by atoms with Crippen LogP contribution in [0.4, 0.5) is 5.69 Å². The number of aryl methyl sites for hydroxylation is 1. The van der Waals surface area contributed by atoms with E-state index in [1.165, 1.54) is 18.5 Å². The fourth-order valence-electron chi connectivity index (χ4n) is 1.41. The van der Waals surface area contributed by atoms with Crippen molar-refractivity contribution in [1.82, 2.24) is 10.1 Å². The molecule has 2 N–H and O–H groups in total. The largest absolute Gasteiger partial charge is 0.478 e. The van der Waals surface area contributed by atoms with Gasteiger partial charge in [0.05, 0.1) is 24.0 Å². The summed E-state index contributed by atoms with van der Waals surface area (Å²) >= 11 is 0. The zero-order valence-electron chi connectivity index (χ0n) is 9.17. The van der Waals surface area contributed by atoms with Crippen LogP contribution in [-0.2, 0) is 6.54 Å². The number of nitrogens with one attached hydrogen (secondary N) is 1. The van der Waals surface area contributed by atoms with Crippen molar-refractivity contribution in [3.8, 4) is 0 Å².